The van der Waals surface area contributed by atoms with Gasteiger partial charge in [0.05, 0.1) is 30.6 Å². The summed E-state index contributed by atoms with van der Waals surface area (Å²) in [5, 5.41) is 9.30. The van der Waals surface area contributed by atoms with E-state index in [0.717, 1.165) is 13.0 Å². The fourth-order valence-electron chi connectivity index (χ4n) is 3.38. The largest absolute Gasteiger partial charge is 0.441 e. The van der Waals surface area contributed by atoms with Crippen LogP contribution in [0.3, 0.4) is 0 Å². The molecule has 1 amide bonds. The Morgan fingerprint density at radius 1 is 1.32 bits per heavy atom. The Hall–Kier alpha value is -1.64. The molecule has 1 unspecified atom stereocenters. The first-order chi connectivity index (χ1) is 13.0. The van der Waals surface area contributed by atoms with Gasteiger partial charge in [-0.05, 0) is 42.8 Å². The third kappa shape index (κ3) is 4.18. The summed E-state index contributed by atoms with van der Waals surface area (Å²) >= 11 is 0. The van der Waals surface area contributed by atoms with Gasteiger partial charge in [-0.25, -0.2) is 9.18 Å². The van der Waals surface area contributed by atoms with Crippen LogP contribution < -0.4 is 9.80 Å². The van der Waals surface area contributed by atoms with Gasteiger partial charge < -0.3 is 19.2 Å². The summed E-state index contributed by atoms with van der Waals surface area (Å²) in [6.07, 6.45) is -0.138. The topological polar surface area (TPSA) is 62.2 Å². The number of benzene rings is 1. The van der Waals surface area contributed by atoms with E-state index < -0.39 is 20.5 Å². The van der Waals surface area contributed by atoms with Crippen LogP contribution in [0.2, 0.25) is 18.1 Å². The molecule has 0 saturated carbocycles. The molecule has 2 aliphatic rings. The highest BCUT2D eigenvalue weighted by molar-refractivity contribution is 6.74. The number of cyclic esters (lactones) is 1. The predicted molar refractivity (Wildman–Crippen MR) is 110 cm³/mol. The predicted octanol–water partition coefficient (Wildman–Crippen LogP) is 3.74. The van der Waals surface area contributed by atoms with Crippen molar-refractivity contribution < 1.29 is 23.5 Å². The first kappa shape index (κ1) is 21.1. The van der Waals surface area contributed by atoms with Crippen molar-refractivity contribution in [2.45, 2.75) is 57.5 Å². The van der Waals surface area contributed by atoms with E-state index in [4.69, 9.17) is 14.3 Å². The summed E-state index contributed by atoms with van der Waals surface area (Å²) < 4.78 is 26.3. The zero-order valence-electron chi connectivity index (χ0n) is 17.4. The normalized spacial score (nSPS) is 23.5. The molecular formula is C20H31FN2O4Si. The smallest absolute Gasteiger partial charge is 0.414 e. The second-order valence-electron chi connectivity index (χ2n) is 9.17. The molecule has 2 fully saturated rings. The third-order valence-electron chi connectivity index (χ3n) is 6.07. The van der Waals surface area contributed by atoms with Crippen molar-refractivity contribution in [2.75, 3.05) is 36.0 Å². The van der Waals surface area contributed by atoms with Gasteiger partial charge in [-0.2, -0.15) is 0 Å². The van der Waals surface area contributed by atoms with E-state index in [0.29, 0.717) is 17.9 Å². The molecule has 2 heterocycles. The van der Waals surface area contributed by atoms with Gasteiger partial charge in [-0.1, -0.05) is 20.8 Å². The fourth-order valence-corrected chi connectivity index (χ4v) is 4.76. The van der Waals surface area contributed by atoms with Crippen LogP contribution >= 0.6 is 0 Å². The molecule has 156 valence electrons. The number of anilines is 2. The molecule has 2 aliphatic heterocycles. The molecule has 28 heavy (non-hydrogen) atoms. The zero-order chi connectivity index (χ0) is 20.7. The molecule has 0 spiro atoms. The molecule has 0 radical (unpaired) electrons. The quantitative estimate of drug-likeness (QED) is 0.749. The lowest BCUT2D eigenvalue weighted by molar-refractivity contribution is 0.0963. The number of hydrogen-bond acceptors (Lipinski definition) is 5. The molecule has 0 aromatic heterocycles. The van der Waals surface area contributed by atoms with E-state index in [-0.39, 0.29) is 30.1 Å². The minimum atomic E-state index is -1.86. The van der Waals surface area contributed by atoms with Gasteiger partial charge in [0.15, 0.2) is 8.32 Å². The van der Waals surface area contributed by atoms with Gasteiger partial charge in [0.25, 0.3) is 0 Å². The molecular weight excluding hydrogens is 379 g/mol. The van der Waals surface area contributed by atoms with Crippen molar-refractivity contribution in [3.05, 3.63) is 24.0 Å². The van der Waals surface area contributed by atoms with Crippen LogP contribution in [0.15, 0.2) is 18.2 Å². The van der Waals surface area contributed by atoms with Crippen molar-refractivity contribution in [2.24, 2.45) is 0 Å². The average molecular weight is 411 g/mol. The highest BCUT2D eigenvalue weighted by Crippen LogP contribution is 2.39. The fraction of sp³-hybridized carbons (Fsp3) is 0.650. The molecule has 6 nitrogen and oxygen atoms in total. The average Bonchev–Trinajstić information content (AvgIpc) is 3.19. The Kier molecular flexibility index (Phi) is 5.75. The molecule has 3 rings (SSSR count). The maximum Gasteiger partial charge on any atom is 0.414 e. The lowest BCUT2D eigenvalue weighted by Crippen LogP contribution is -2.44. The van der Waals surface area contributed by atoms with Crippen LogP contribution in [0.5, 0.6) is 0 Å². The molecule has 2 saturated heterocycles. The van der Waals surface area contributed by atoms with Crippen LogP contribution in [0, 0.1) is 5.82 Å². The first-order valence-corrected chi connectivity index (χ1v) is 12.7. The minimum Gasteiger partial charge on any atom is -0.441 e. The molecule has 1 N–H and O–H groups in total. The van der Waals surface area contributed by atoms with Crippen molar-refractivity contribution in [1.29, 1.82) is 0 Å². The Morgan fingerprint density at radius 2 is 2.04 bits per heavy atom. The number of carbonyl (C=O) groups is 1. The van der Waals surface area contributed by atoms with E-state index in [1.165, 1.54) is 11.0 Å². The molecule has 1 aromatic rings. The van der Waals surface area contributed by atoms with Gasteiger partial charge in [0.2, 0.25) is 0 Å². The first-order valence-electron chi connectivity index (χ1n) is 9.83. The number of aliphatic hydroxyl groups excluding tert-OH is 1. The van der Waals surface area contributed by atoms with E-state index in [1.54, 1.807) is 12.1 Å². The van der Waals surface area contributed by atoms with Gasteiger partial charge in [0.1, 0.15) is 11.9 Å². The van der Waals surface area contributed by atoms with E-state index in [1.807, 2.05) is 4.90 Å². The Morgan fingerprint density at radius 3 is 2.61 bits per heavy atom. The van der Waals surface area contributed by atoms with Crippen LogP contribution in [-0.2, 0) is 9.16 Å². The molecule has 1 aromatic carbocycles. The second-order valence-corrected chi connectivity index (χ2v) is 13.9. The van der Waals surface area contributed by atoms with Crippen LogP contribution in [0.4, 0.5) is 20.6 Å². The summed E-state index contributed by atoms with van der Waals surface area (Å²) in [7, 11) is -1.86. The number of rotatable bonds is 5. The number of aliphatic hydroxyl groups is 1. The molecule has 8 heteroatoms. The number of ether oxygens (including phenoxy) is 1. The summed E-state index contributed by atoms with van der Waals surface area (Å²) in [5.41, 5.74) is 0.965. The standard InChI is InChI=1S/C20H31FN2O4Si/c1-20(2,3)28(4,5)27-15-8-9-22(11-15)18-7-6-14(10-17(18)21)23-12-16(13-24)26-19(23)25/h6-7,10,15-16,24H,8-9,11-13H2,1-5H3/t15-,16?/m1/s1. The van der Waals surface area contributed by atoms with Crippen LogP contribution in [0.25, 0.3) is 0 Å². The minimum absolute atomic E-state index is 0.110. The van der Waals surface area contributed by atoms with Crippen LogP contribution in [0.1, 0.15) is 27.2 Å². The molecule has 2 atom stereocenters. The van der Waals surface area contributed by atoms with Gasteiger partial charge >= 0.3 is 6.09 Å². The third-order valence-corrected chi connectivity index (χ3v) is 10.6. The van der Waals surface area contributed by atoms with Crippen LogP contribution in [-0.4, -0.2) is 58.0 Å². The van der Waals surface area contributed by atoms with E-state index in [9.17, 15) is 9.18 Å². The lowest BCUT2D eigenvalue weighted by atomic mass is 10.2. The van der Waals surface area contributed by atoms with Gasteiger partial charge in [0, 0.05) is 13.1 Å². The highest BCUT2D eigenvalue weighted by Gasteiger charge is 2.41. The Balaban J connectivity index is 1.68. The summed E-state index contributed by atoms with van der Waals surface area (Å²) in [5.74, 6) is -0.370. The lowest BCUT2D eigenvalue weighted by Gasteiger charge is -2.38. The maximum absolute atomic E-state index is 14.8. The number of hydrogen-bond donors (Lipinski definition) is 1. The second kappa shape index (κ2) is 7.65. The maximum atomic E-state index is 14.8. The van der Waals surface area contributed by atoms with Crippen molar-refractivity contribution in [3.63, 3.8) is 0 Å². The van der Waals surface area contributed by atoms with E-state index >= 15 is 0 Å². The van der Waals surface area contributed by atoms with Crippen molar-refractivity contribution >= 4 is 25.8 Å². The van der Waals surface area contributed by atoms with Gasteiger partial charge in [-0.3, -0.25) is 4.90 Å². The Labute approximate surface area is 167 Å². The van der Waals surface area contributed by atoms with Crippen molar-refractivity contribution in [1.82, 2.24) is 0 Å². The summed E-state index contributed by atoms with van der Waals surface area (Å²) in [6, 6.07) is 4.79. The number of nitrogens with zero attached hydrogens (tertiary/aromatic N) is 2. The molecule has 0 aliphatic carbocycles. The number of carbonyl (C=O) groups excluding carboxylic acids is 1. The summed E-state index contributed by atoms with van der Waals surface area (Å²) in [6.45, 7) is 12.5. The number of amides is 1. The SMILES string of the molecule is CC(C)(C)[Si](C)(C)O[C@@H]1CCN(c2ccc(N3CC(CO)OC3=O)cc2F)C1. The molecule has 0 bridgehead atoms. The zero-order valence-corrected chi connectivity index (χ0v) is 18.4. The van der Waals surface area contributed by atoms with Gasteiger partial charge in [-0.15, -0.1) is 0 Å². The number of halogens is 1. The summed E-state index contributed by atoms with van der Waals surface area (Å²) in [4.78, 5) is 15.3. The monoisotopic (exact) mass is 410 g/mol. The Bertz CT molecular complexity index is 737. The highest BCUT2D eigenvalue weighted by atomic mass is 28.4. The van der Waals surface area contributed by atoms with E-state index in [2.05, 4.69) is 33.9 Å². The van der Waals surface area contributed by atoms with Crippen molar-refractivity contribution in [3.8, 4) is 0 Å².